The van der Waals surface area contributed by atoms with E-state index in [9.17, 15) is 9.90 Å². The normalized spacial score (nSPS) is 10.3. The highest BCUT2D eigenvalue weighted by atomic mass is 79.9. The average Bonchev–Trinajstić information content (AvgIpc) is 2.75. The molecule has 94 valence electrons. The molecule has 5 heteroatoms. The number of carbonyl (C=O) groups excluding carboxylic acids is 1. The van der Waals surface area contributed by atoms with Crippen molar-refractivity contribution in [1.29, 1.82) is 0 Å². The van der Waals surface area contributed by atoms with Crippen LogP contribution in [-0.4, -0.2) is 11.0 Å². The molecule has 18 heavy (non-hydrogen) atoms. The van der Waals surface area contributed by atoms with Gasteiger partial charge in [0, 0.05) is 14.9 Å². The fourth-order valence-electron chi connectivity index (χ4n) is 1.46. The van der Waals surface area contributed by atoms with E-state index in [4.69, 9.17) is 0 Å². The molecule has 0 aliphatic rings. The Bertz CT molecular complexity index is 580. The summed E-state index contributed by atoms with van der Waals surface area (Å²) in [6.45, 7) is 2.27. The maximum atomic E-state index is 11.9. The largest absolute Gasteiger partial charge is 0.508 e. The van der Waals surface area contributed by atoms with Crippen LogP contribution in [0.5, 0.6) is 5.75 Å². The second-order valence-corrected chi connectivity index (χ2v) is 5.73. The summed E-state index contributed by atoms with van der Waals surface area (Å²) in [7, 11) is 0. The standard InChI is InChI=1S/C13H12BrNO2S/c1-8-2-3-9(6-11(8)16)13(17)15-7-12-10(14)4-5-18-12/h2-6,16H,7H2,1H3,(H,15,17). The lowest BCUT2D eigenvalue weighted by Gasteiger charge is -2.06. The zero-order valence-electron chi connectivity index (χ0n) is 9.74. The van der Waals surface area contributed by atoms with Gasteiger partial charge in [0.1, 0.15) is 5.75 Å². The van der Waals surface area contributed by atoms with E-state index in [1.54, 1.807) is 30.4 Å². The molecule has 2 rings (SSSR count). The molecule has 0 saturated carbocycles. The van der Waals surface area contributed by atoms with Crippen molar-refractivity contribution in [2.24, 2.45) is 0 Å². The highest BCUT2D eigenvalue weighted by Crippen LogP contribution is 2.22. The molecule has 2 aromatic rings. The highest BCUT2D eigenvalue weighted by Gasteiger charge is 2.08. The summed E-state index contributed by atoms with van der Waals surface area (Å²) in [4.78, 5) is 13.0. The molecule has 0 saturated heterocycles. The molecule has 1 heterocycles. The molecular weight excluding hydrogens is 314 g/mol. The van der Waals surface area contributed by atoms with Crippen molar-refractivity contribution in [3.05, 3.63) is 50.1 Å². The molecule has 1 amide bonds. The van der Waals surface area contributed by atoms with Gasteiger partial charge in [0.05, 0.1) is 6.54 Å². The fraction of sp³-hybridized carbons (Fsp3) is 0.154. The Morgan fingerprint density at radius 2 is 2.22 bits per heavy atom. The summed E-state index contributed by atoms with van der Waals surface area (Å²) in [5.41, 5.74) is 1.22. The minimum absolute atomic E-state index is 0.139. The number of rotatable bonds is 3. The van der Waals surface area contributed by atoms with Gasteiger partial charge in [0.15, 0.2) is 0 Å². The van der Waals surface area contributed by atoms with Crippen LogP contribution in [0.4, 0.5) is 0 Å². The number of aryl methyl sites for hydroxylation is 1. The third-order valence-electron chi connectivity index (χ3n) is 2.57. The van der Waals surface area contributed by atoms with Crippen LogP contribution in [0.15, 0.2) is 34.1 Å². The highest BCUT2D eigenvalue weighted by molar-refractivity contribution is 9.10. The van der Waals surface area contributed by atoms with E-state index in [1.807, 2.05) is 11.4 Å². The number of hydrogen-bond acceptors (Lipinski definition) is 3. The van der Waals surface area contributed by atoms with E-state index >= 15 is 0 Å². The molecular formula is C13H12BrNO2S. The summed E-state index contributed by atoms with van der Waals surface area (Å²) >= 11 is 4.99. The molecule has 1 aromatic carbocycles. The third-order valence-corrected chi connectivity index (χ3v) is 4.50. The third kappa shape index (κ3) is 2.91. The van der Waals surface area contributed by atoms with Crippen LogP contribution in [0.25, 0.3) is 0 Å². The first-order valence-electron chi connectivity index (χ1n) is 5.37. The molecule has 3 nitrogen and oxygen atoms in total. The van der Waals surface area contributed by atoms with Gasteiger partial charge in [-0.3, -0.25) is 4.79 Å². The van der Waals surface area contributed by atoms with Crippen molar-refractivity contribution in [1.82, 2.24) is 5.32 Å². The zero-order chi connectivity index (χ0) is 13.1. The first kappa shape index (κ1) is 13.1. The molecule has 0 bridgehead atoms. The molecule has 0 radical (unpaired) electrons. The van der Waals surface area contributed by atoms with Crippen LogP contribution < -0.4 is 5.32 Å². The van der Waals surface area contributed by atoms with Crippen molar-refractivity contribution >= 4 is 33.2 Å². The Morgan fingerprint density at radius 1 is 1.44 bits per heavy atom. The molecule has 0 fully saturated rings. The van der Waals surface area contributed by atoms with Crippen LogP contribution in [0.1, 0.15) is 20.8 Å². The van der Waals surface area contributed by atoms with Crippen LogP contribution >= 0.6 is 27.3 Å². The Kier molecular flexibility index (Phi) is 4.04. The molecule has 0 aliphatic heterocycles. The number of amides is 1. The lowest BCUT2D eigenvalue weighted by molar-refractivity contribution is 0.0951. The van der Waals surface area contributed by atoms with Crippen molar-refractivity contribution < 1.29 is 9.90 Å². The van der Waals surface area contributed by atoms with Crippen LogP contribution in [0, 0.1) is 6.92 Å². The predicted molar refractivity (Wildman–Crippen MR) is 76.0 cm³/mol. The predicted octanol–water partition coefficient (Wildman–Crippen LogP) is 3.45. The quantitative estimate of drug-likeness (QED) is 0.908. The summed E-state index contributed by atoms with van der Waals surface area (Å²) in [6.07, 6.45) is 0. The second kappa shape index (κ2) is 5.54. The van der Waals surface area contributed by atoms with Crippen molar-refractivity contribution in [3.63, 3.8) is 0 Å². The van der Waals surface area contributed by atoms with Gasteiger partial charge in [0.25, 0.3) is 5.91 Å². The number of phenolic OH excluding ortho intramolecular Hbond substituents is 1. The van der Waals surface area contributed by atoms with E-state index in [2.05, 4.69) is 21.2 Å². The number of benzene rings is 1. The molecule has 1 aromatic heterocycles. The molecule has 2 N–H and O–H groups in total. The molecule has 0 unspecified atom stereocenters. The van der Waals surface area contributed by atoms with Crippen molar-refractivity contribution in [3.8, 4) is 5.75 Å². The van der Waals surface area contributed by atoms with Gasteiger partial charge in [-0.25, -0.2) is 0 Å². The number of hydrogen-bond donors (Lipinski definition) is 2. The van der Waals surface area contributed by atoms with Crippen molar-refractivity contribution in [2.45, 2.75) is 13.5 Å². The van der Waals surface area contributed by atoms with Crippen LogP contribution in [-0.2, 0) is 6.54 Å². The Labute approximate surface area is 118 Å². The maximum Gasteiger partial charge on any atom is 0.251 e. The van der Waals surface area contributed by atoms with Gasteiger partial charge in [-0.15, -0.1) is 11.3 Å². The van der Waals surface area contributed by atoms with Gasteiger partial charge < -0.3 is 10.4 Å². The molecule has 0 spiro atoms. The Morgan fingerprint density at radius 3 is 2.83 bits per heavy atom. The van der Waals surface area contributed by atoms with Gasteiger partial charge in [-0.05, 0) is 52.0 Å². The molecule has 0 atom stereocenters. The lowest BCUT2D eigenvalue weighted by atomic mass is 10.1. The first-order chi connectivity index (χ1) is 8.58. The first-order valence-corrected chi connectivity index (χ1v) is 7.05. The fourth-order valence-corrected chi connectivity index (χ4v) is 2.90. The SMILES string of the molecule is Cc1ccc(C(=O)NCc2sccc2Br)cc1O. The van der Waals surface area contributed by atoms with Gasteiger partial charge in [0.2, 0.25) is 0 Å². The summed E-state index contributed by atoms with van der Waals surface area (Å²) in [5.74, 6) is -0.0504. The van der Waals surface area contributed by atoms with Gasteiger partial charge in [-0.2, -0.15) is 0 Å². The zero-order valence-corrected chi connectivity index (χ0v) is 12.1. The van der Waals surface area contributed by atoms with Crippen molar-refractivity contribution in [2.75, 3.05) is 0 Å². The van der Waals surface area contributed by atoms with Crippen LogP contribution in [0.3, 0.4) is 0 Å². The number of thiophene rings is 1. The number of carbonyl (C=O) groups is 1. The number of phenols is 1. The number of aromatic hydroxyl groups is 1. The monoisotopic (exact) mass is 325 g/mol. The topological polar surface area (TPSA) is 49.3 Å². The number of nitrogens with one attached hydrogen (secondary N) is 1. The number of halogens is 1. The van der Waals surface area contributed by atoms with E-state index in [1.165, 1.54) is 6.07 Å². The van der Waals surface area contributed by atoms with Gasteiger partial charge in [-0.1, -0.05) is 6.07 Å². The summed E-state index contributed by atoms with van der Waals surface area (Å²) < 4.78 is 1.000. The lowest BCUT2D eigenvalue weighted by Crippen LogP contribution is -2.22. The van der Waals surface area contributed by atoms with E-state index in [0.29, 0.717) is 12.1 Å². The molecule has 0 aliphatic carbocycles. The second-order valence-electron chi connectivity index (χ2n) is 3.88. The Balaban J connectivity index is 2.04. The minimum Gasteiger partial charge on any atom is -0.508 e. The minimum atomic E-state index is -0.189. The van der Waals surface area contributed by atoms with E-state index in [0.717, 1.165) is 14.9 Å². The summed E-state index contributed by atoms with van der Waals surface area (Å²) in [6, 6.07) is 6.86. The van der Waals surface area contributed by atoms with E-state index in [-0.39, 0.29) is 11.7 Å². The average molecular weight is 326 g/mol. The summed E-state index contributed by atoms with van der Waals surface area (Å²) in [5, 5.41) is 14.3. The Hall–Kier alpha value is -1.33. The van der Waals surface area contributed by atoms with Crippen LogP contribution in [0.2, 0.25) is 0 Å². The maximum absolute atomic E-state index is 11.9. The van der Waals surface area contributed by atoms with E-state index < -0.39 is 0 Å². The van der Waals surface area contributed by atoms with Gasteiger partial charge >= 0.3 is 0 Å². The smallest absolute Gasteiger partial charge is 0.251 e.